The van der Waals surface area contributed by atoms with Gasteiger partial charge in [-0.2, -0.15) is 0 Å². The van der Waals surface area contributed by atoms with Crippen LogP contribution in [0.15, 0.2) is 48.5 Å². The molecule has 0 aliphatic rings. The summed E-state index contributed by atoms with van der Waals surface area (Å²) in [6.45, 7) is 1.73. The number of para-hydroxylation sites is 1. The van der Waals surface area contributed by atoms with Crippen LogP contribution in [0.2, 0.25) is 0 Å². The highest BCUT2D eigenvalue weighted by molar-refractivity contribution is 5.78. The standard InChI is InChI=1S/C18H20N2O5/c1-3-16(15-9-4-5-10-17(15)24-2)19-18(21)12-25-14-8-6-7-13(11-14)20(22)23/h4-11,16H,3,12H2,1-2H3,(H,19,21). The average molecular weight is 344 g/mol. The van der Waals surface area contributed by atoms with Gasteiger partial charge in [0.15, 0.2) is 6.61 Å². The van der Waals surface area contributed by atoms with Gasteiger partial charge in [-0.05, 0) is 18.6 Å². The zero-order chi connectivity index (χ0) is 18.2. The van der Waals surface area contributed by atoms with Crippen molar-refractivity contribution >= 4 is 11.6 Å². The molecular formula is C18H20N2O5. The number of amides is 1. The number of methoxy groups -OCH3 is 1. The van der Waals surface area contributed by atoms with E-state index in [0.717, 1.165) is 5.56 Å². The molecule has 2 aromatic rings. The number of carbonyl (C=O) groups excluding carboxylic acids is 1. The molecule has 0 fully saturated rings. The molecule has 0 heterocycles. The average Bonchev–Trinajstić information content (AvgIpc) is 2.64. The quantitative estimate of drug-likeness (QED) is 0.586. The van der Waals surface area contributed by atoms with Crippen LogP contribution >= 0.6 is 0 Å². The zero-order valence-corrected chi connectivity index (χ0v) is 14.1. The van der Waals surface area contributed by atoms with Crippen LogP contribution in [0.3, 0.4) is 0 Å². The Hall–Kier alpha value is -3.09. The number of ether oxygens (including phenoxy) is 2. The monoisotopic (exact) mass is 344 g/mol. The van der Waals surface area contributed by atoms with Crippen molar-refractivity contribution in [3.05, 3.63) is 64.2 Å². The van der Waals surface area contributed by atoms with Gasteiger partial charge in [0.25, 0.3) is 11.6 Å². The number of rotatable bonds is 8. The Morgan fingerprint density at radius 3 is 2.68 bits per heavy atom. The van der Waals surface area contributed by atoms with Crippen molar-refractivity contribution < 1.29 is 19.2 Å². The minimum atomic E-state index is -0.512. The van der Waals surface area contributed by atoms with Gasteiger partial charge in [-0.1, -0.05) is 31.2 Å². The molecule has 1 unspecified atom stereocenters. The third kappa shape index (κ3) is 4.94. The first kappa shape index (κ1) is 18.3. The summed E-state index contributed by atoms with van der Waals surface area (Å²) < 4.78 is 10.7. The molecule has 0 aliphatic carbocycles. The maximum Gasteiger partial charge on any atom is 0.273 e. The van der Waals surface area contributed by atoms with Crippen LogP contribution in [0, 0.1) is 10.1 Å². The third-order valence-electron chi connectivity index (χ3n) is 3.66. The van der Waals surface area contributed by atoms with Gasteiger partial charge in [-0.15, -0.1) is 0 Å². The van der Waals surface area contributed by atoms with Crippen LogP contribution in [0.4, 0.5) is 5.69 Å². The lowest BCUT2D eigenvalue weighted by molar-refractivity contribution is -0.384. The molecule has 0 bridgehead atoms. The largest absolute Gasteiger partial charge is 0.496 e. The SMILES string of the molecule is CCC(NC(=O)COc1cccc([N+](=O)[O-])c1)c1ccccc1OC. The Balaban J connectivity index is 1.99. The van der Waals surface area contributed by atoms with Crippen LogP contribution in [0.1, 0.15) is 24.9 Å². The number of hydrogen-bond acceptors (Lipinski definition) is 5. The summed E-state index contributed by atoms with van der Waals surface area (Å²) in [6.07, 6.45) is 0.683. The molecule has 1 amide bonds. The molecule has 1 atom stereocenters. The molecule has 132 valence electrons. The molecular weight excluding hydrogens is 324 g/mol. The Morgan fingerprint density at radius 1 is 1.24 bits per heavy atom. The fourth-order valence-corrected chi connectivity index (χ4v) is 2.43. The number of carbonyl (C=O) groups is 1. The van der Waals surface area contributed by atoms with Gasteiger partial charge in [0.1, 0.15) is 11.5 Å². The van der Waals surface area contributed by atoms with E-state index in [1.165, 1.54) is 18.2 Å². The molecule has 0 saturated heterocycles. The van der Waals surface area contributed by atoms with Crippen molar-refractivity contribution in [2.24, 2.45) is 0 Å². The van der Waals surface area contributed by atoms with Gasteiger partial charge in [-0.25, -0.2) is 0 Å². The van der Waals surface area contributed by atoms with E-state index in [2.05, 4.69) is 5.32 Å². The zero-order valence-electron chi connectivity index (χ0n) is 14.1. The number of nitrogens with one attached hydrogen (secondary N) is 1. The Kier molecular flexibility index (Phi) is 6.33. The van der Waals surface area contributed by atoms with Crippen LogP contribution in [0.25, 0.3) is 0 Å². The number of nitro benzene ring substituents is 1. The van der Waals surface area contributed by atoms with Gasteiger partial charge in [0.05, 0.1) is 24.1 Å². The van der Waals surface area contributed by atoms with Gasteiger partial charge >= 0.3 is 0 Å². The summed E-state index contributed by atoms with van der Waals surface area (Å²) in [5.41, 5.74) is 0.801. The second-order valence-corrected chi connectivity index (χ2v) is 5.31. The van der Waals surface area contributed by atoms with Gasteiger partial charge in [-0.3, -0.25) is 14.9 Å². The minimum Gasteiger partial charge on any atom is -0.496 e. The highest BCUT2D eigenvalue weighted by Gasteiger charge is 2.17. The van der Waals surface area contributed by atoms with Crippen molar-refractivity contribution in [2.75, 3.05) is 13.7 Å². The van der Waals surface area contributed by atoms with E-state index < -0.39 is 4.92 Å². The molecule has 0 saturated carbocycles. The Bertz CT molecular complexity index is 748. The van der Waals surface area contributed by atoms with E-state index in [1.807, 2.05) is 31.2 Å². The fourth-order valence-electron chi connectivity index (χ4n) is 2.43. The van der Waals surface area contributed by atoms with E-state index in [1.54, 1.807) is 13.2 Å². The topological polar surface area (TPSA) is 90.7 Å². The number of non-ortho nitro benzene ring substituents is 1. The second-order valence-electron chi connectivity index (χ2n) is 5.31. The first-order valence-corrected chi connectivity index (χ1v) is 7.84. The Morgan fingerprint density at radius 2 is 2.00 bits per heavy atom. The number of nitrogens with zero attached hydrogens (tertiary/aromatic N) is 1. The first-order valence-electron chi connectivity index (χ1n) is 7.84. The summed E-state index contributed by atoms with van der Waals surface area (Å²) in [5.74, 6) is 0.660. The van der Waals surface area contributed by atoms with Crippen molar-refractivity contribution in [1.29, 1.82) is 0 Å². The molecule has 2 aromatic carbocycles. The van der Waals surface area contributed by atoms with Gasteiger partial charge < -0.3 is 14.8 Å². The summed E-state index contributed by atoms with van der Waals surface area (Å²) in [4.78, 5) is 22.4. The summed E-state index contributed by atoms with van der Waals surface area (Å²) in [7, 11) is 1.58. The fraction of sp³-hybridized carbons (Fsp3) is 0.278. The van der Waals surface area contributed by atoms with E-state index in [0.29, 0.717) is 12.2 Å². The maximum absolute atomic E-state index is 12.2. The number of hydrogen-bond donors (Lipinski definition) is 1. The molecule has 2 rings (SSSR count). The lowest BCUT2D eigenvalue weighted by atomic mass is 10.0. The molecule has 1 N–H and O–H groups in total. The third-order valence-corrected chi connectivity index (χ3v) is 3.66. The minimum absolute atomic E-state index is 0.0848. The Labute approximate surface area is 145 Å². The van der Waals surface area contributed by atoms with Crippen molar-refractivity contribution in [2.45, 2.75) is 19.4 Å². The summed E-state index contributed by atoms with van der Waals surface area (Å²) in [6, 6.07) is 13.0. The van der Waals surface area contributed by atoms with E-state index in [9.17, 15) is 14.9 Å². The van der Waals surface area contributed by atoms with Gasteiger partial charge in [0.2, 0.25) is 0 Å². The molecule has 0 aromatic heterocycles. The number of benzene rings is 2. The normalized spacial score (nSPS) is 11.4. The molecule has 0 radical (unpaired) electrons. The van der Waals surface area contributed by atoms with Crippen molar-refractivity contribution in [1.82, 2.24) is 5.32 Å². The van der Waals surface area contributed by atoms with Crippen LogP contribution in [-0.2, 0) is 4.79 Å². The van der Waals surface area contributed by atoms with E-state index >= 15 is 0 Å². The van der Waals surface area contributed by atoms with Crippen LogP contribution in [-0.4, -0.2) is 24.5 Å². The number of nitro groups is 1. The van der Waals surface area contributed by atoms with Crippen LogP contribution in [0.5, 0.6) is 11.5 Å². The summed E-state index contributed by atoms with van der Waals surface area (Å²) >= 11 is 0. The van der Waals surface area contributed by atoms with Crippen molar-refractivity contribution in [3.8, 4) is 11.5 Å². The van der Waals surface area contributed by atoms with E-state index in [4.69, 9.17) is 9.47 Å². The smallest absolute Gasteiger partial charge is 0.273 e. The molecule has 7 nitrogen and oxygen atoms in total. The maximum atomic E-state index is 12.2. The lowest BCUT2D eigenvalue weighted by Crippen LogP contribution is -2.32. The first-order chi connectivity index (χ1) is 12.0. The van der Waals surface area contributed by atoms with Gasteiger partial charge in [0, 0.05) is 11.6 Å². The molecule has 0 spiro atoms. The molecule has 0 aliphatic heterocycles. The highest BCUT2D eigenvalue weighted by atomic mass is 16.6. The predicted octanol–water partition coefficient (Wildman–Crippen LogP) is 3.25. The van der Waals surface area contributed by atoms with Crippen LogP contribution < -0.4 is 14.8 Å². The molecule has 7 heteroatoms. The lowest BCUT2D eigenvalue weighted by Gasteiger charge is -2.20. The second kappa shape index (κ2) is 8.68. The summed E-state index contributed by atoms with van der Waals surface area (Å²) in [5, 5.41) is 13.6. The van der Waals surface area contributed by atoms with Crippen molar-refractivity contribution in [3.63, 3.8) is 0 Å². The molecule has 25 heavy (non-hydrogen) atoms. The predicted molar refractivity (Wildman–Crippen MR) is 92.8 cm³/mol. The van der Waals surface area contributed by atoms with E-state index in [-0.39, 0.29) is 30.0 Å². The highest BCUT2D eigenvalue weighted by Crippen LogP contribution is 2.26.